The Hall–Kier alpha value is -0.860. The van der Waals surface area contributed by atoms with Crippen LogP contribution in [0.2, 0.25) is 0 Å². The monoisotopic (exact) mass is 184 g/mol. The summed E-state index contributed by atoms with van der Waals surface area (Å²) in [5.41, 5.74) is 0. The molecule has 1 aliphatic rings. The first-order valence-electron chi connectivity index (χ1n) is 4.83. The molecule has 0 radical (unpaired) electrons. The van der Waals surface area contributed by atoms with E-state index in [4.69, 9.17) is 5.11 Å². The van der Waals surface area contributed by atoms with E-state index >= 15 is 0 Å². The Balaban J connectivity index is 2.77. The van der Waals surface area contributed by atoms with Gasteiger partial charge in [0.25, 0.3) is 0 Å². The lowest BCUT2D eigenvalue weighted by molar-refractivity contribution is -0.148. The van der Waals surface area contributed by atoms with Crippen LogP contribution < -0.4 is 0 Å². The summed E-state index contributed by atoms with van der Waals surface area (Å²) in [7, 11) is 0. The van der Waals surface area contributed by atoms with Crippen LogP contribution in [0.25, 0.3) is 0 Å². The summed E-state index contributed by atoms with van der Waals surface area (Å²) in [5, 5.41) is 8.93. The van der Waals surface area contributed by atoms with E-state index in [1.807, 2.05) is 13.8 Å². The van der Waals surface area contributed by atoms with Gasteiger partial charge in [0.1, 0.15) is 5.78 Å². The minimum absolute atomic E-state index is 0.0405. The molecular weight excluding hydrogens is 168 g/mol. The van der Waals surface area contributed by atoms with Crippen LogP contribution in [0.15, 0.2) is 0 Å². The van der Waals surface area contributed by atoms with Crippen LogP contribution in [-0.2, 0) is 9.59 Å². The maximum absolute atomic E-state index is 11.3. The average molecular weight is 184 g/mol. The summed E-state index contributed by atoms with van der Waals surface area (Å²) >= 11 is 0. The van der Waals surface area contributed by atoms with Crippen molar-refractivity contribution in [3.05, 3.63) is 0 Å². The van der Waals surface area contributed by atoms with Crippen LogP contribution in [0, 0.1) is 17.8 Å². The van der Waals surface area contributed by atoms with E-state index in [0.29, 0.717) is 12.8 Å². The third-order valence-electron chi connectivity index (χ3n) is 3.16. The lowest BCUT2D eigenvalue weighted by atomic mass is 9.71. The Morgan fingerprint density at radius 2 is 2.23 bits per heavy atom. The Kier molecular flexibility index (Phi) is 3.07. The summed E-state index contributed by atoms with van der Waals surface area (Å²) in [6.45, 7) is 3.81. The number of carbonyl (C=O) groups is 2. The highest BCUT2D eigenvalue weighted by molar-refractivity contribution is 5.84. The van der Waals surface area contributed by atoms with Crippen molar-refractivity contribution >= 4 is 11.8 Å². The second kappa shape index (κ2) is 3.90. The van der Waals surface area contributed by atoms with Crippen molar-refractivity contribution in [3.8, 4) is 0 Å². The molecule has 1 aliphatic carbocycles. The zero-order valence-electron chi connectivity index (χ0n) is 8.12. The fourth-order valence-electron chi connectivity index (χ4n) is 2.27. The number of hydrogen-bond acceptors (Lipinski definition) is 2. The first kappa shape index (κ1) is 10.2. The highest BCUT2D eigenvalue weighted by Crippen LogP contribution is 2.34. The van der Waals surface area contributed by atoms with Crippen molar-refractivity contribution in [2.24, 2.45) is 17.8 Å². The first-order valence-corrected chi connectivity index (χ1v) is 4.83. The predicted octanol–water partition coefficient (Wildman–Crippen LogP) is 1.71. The summed E-state index contributed by atoms with van der Waals surface area (Å²) < 4.78 is 0. The molecule has 1 rings (SSSR count). The van der Waals surface area contributed by atoms with E-state index in [9.17, 15) is 9.59 Å². The number of aliphatic carboxylic acids is 1. The molecule has 0 aromatic carbocycles. The van der Waals surface area contributed by atoms with E-state index in [-0.39, 0.29) is 23.5 Å². The highest BCUT2D eigenvalue weighted by atomic mass is 16.4. The molecule has 3 heteroatoms. The molecule has 3 nitrogen and oxygen atoms in total. The van der Waals surface area contributed by atoms with Gasteiger partial charge >= 0.3 is 5.97 Å². The topological polar surface area (TPSA) is 54.4 Å². The van der Waals surface area contributed by atoms with Gasteiger partial charge in [-0.1, -0.05) is 20.3 Å². The van der Waals surface area contributed by atoms with Gasteiger partial charge in [-0.15, -0.1) is 0 Å². The van der Waals surface area contributed by atoms with Gasteiger partial charge < -0.3 is 5.11 Å². The summed E-state index contributed by atoms with van der Waals surface area (Å²) in [6.07, 6.45) is 1.75. The van der Waals surface area contributed by atoms with Crippen molar-refractivity contribution in [2.45, 2.75) is 33.1 Å². The van der Waals surface area contributed by atoms with Crippen LogP contribution in [0.3, 0.4) is 0 Å². The average Bonchev–Trinajstić information content (AvgIpc) is 2.09. The molecule has 1 fully saturated rings. The van der Waals surface area contributed by atoms with E-state index in [1.54, 1.807) is 0 Å². The maximum atomic E-state index is 11.3. The maximum Gasteiger partial charge on any atom is 0.306 e. The standard InChI is InChI=1S/C10H16O3/c1-3-7-6(2)9(11)5-4-8(7)10(12)13/h6-8H,3-5H2,1-2H3,(H,12,13). The molecule has 0 saturated heterocycles. The van der Waals surface area contributed by atoms with Gasteiger partial charge in [0.05, 0.1) is 5.92 Å². The molecule has 0 aliphatic heterocycles. The Bertz CT molecular complexity index is 222. The number of carboxylic acid groups (broad SMARTS) is 1. The molecule has 0 spiro atoms. The molecule has 74 valence electrons. The largest absolute Gasteiger partial charge is 0.481 e. The van der Waals surface area contributed by atoms with Crippen molar-refractivity contribution in [3.63, 3.8) is 0 Å². The van der Waals surface area contributed by atoms with Gasteiger partial charge in [-0.2, -0.15) is 0 Å². The third kappa shape index (κ3) is 1.90. The molecule has 0 aromatic rings. The second-order valence-corrected chi connectivity index (χ2v) is 3.81. The lowest BCUT2D eigenvalue weighted by Crippen LogP contribution is -2.36. The molecule has 0 amide bonds. The molecule has 1 N–H and O–H groups in total. The third-order valence-corrected chi connectivity index (χ3v) is 3.16. The fourth-order valence-corrected chi connectivity index (χ4v) is 2.27. The molecule has 0 heterocycles. The molecule has 1 saturated carbocycles. The van der Waals surface area contributed by atoms with Crippen LogP contribution in [0.4, 0.5) is 0 Å². The molecule has 0 bridgehead atoms. The molecule has 0 aromatic heterocycles. The Morgan fingerprint density at radius 1 is 1.62 bits per heavy atom. The van der Waals surface area contributed by atoms with Gasteiger partial charge in [0, 0.05) is 12.3 Å². The van der Waals surface area contributed by atoms with Crippen LogP contribution in [-0.4, -0.2) is 16.9 Å². The number of carbonyl (C=O) groups excluding carboxylic acids is 1. The normalized spacial score (nSPS) is 34.6. The minimum atomic E-state index is -0.744. The van der Waals surface area contributed by atoms with Crippen LogP contribution in [0.1, 0.15) is 33.1 Å². The highest BCUT2D eigenvalue weighted by Gasteiger charge is 2.38. The van der Waals surface area contributed by atoms with Gasteiger partial charge in [0.15, 0.2) is 0 Å². The van der Waals surface area contributed by atoms with E-state index in [2.05, 4.69) is 0 Å². The van der Waals surface area contributed by atoms with Crippen molar-refractivity contribution in [2.75, 3.05) is 0 Å². The Labute approximate surface area is 78.1 Å². The van der Waals surface area contributed by atoms with Gasteiger partial charge in [-0.05, 0) is 12.3 Å². The van der Waals surface area contributed by atoms with Crippen molar-refractivity contribution in [1.82, 2.24) is 0 Å². The minimum Gasteiger partial charge on any atom is -0.481 e. The number of Topliss-reactive ketones (excluding diaryl/α,β-unsaturated/α-hetero) is 1. The SMILES string of the molecule is CCC1C(C)C(=O)CCC1C(=O)O. The number of carboxylic acids is 1. The fraction of sp³-hybridized carbons (Fsp3) is 0.800. The van der Waals surface area contributed by atoms with Gasteiger partial charge in [0.2, 0.25) is 0 Å². The molecule has 3 atom stereocenters. The van der Waals surface area contributed by atoms with E-state index in [1.165, 1.54) is 0 Å². The zero-order chi connectivity index (χ0) is 10.0. The summed E-state index contributed by atoms with van der Waals surface area (Å²) in [4.78, 5) is 22.2. The Morgan fingerprint density at radius 3 is 2.69 bits per heavy atom. The zero-order valence-corrected chi connectivity index (χ0v) is 8.12. The smallest absolute Gasteiger partial charge is 0.306 e. The van der Waals surface area contributed by atoms with Gasteiger partial charge in [-0.3, -0.25) is 9.59 Å². The molecular formula is C10H16O3. The van der Waals surface area contributed by atoms with Crippen molar-refractivity contribution < 1.29 is 14.7 Å². The van der Waals surface area contributed by atoms with Gasteiger partial charge in [-0.25, -0.2) is 0 Å². The van der Waals surface area contributed by atoms with E-state index < -0.39 is 5.97 Å². The van der Waals surface area contributed by atoms with E-state index in [0.717, 1.165) is 6.42 Å². The number of hydrogen-bond donors (Lipinski definition) is 1. The second-order valence-electron chi connectivity index (χ2n) is 3.81. The number of ketones is 1. The van der Waals surface area contributed by atoms with Crippen LogP contribution >= 0.6 is 0 Å². The lowest BCUT2D eigenvalue weighted by Gasteiger charge is -2.32. The predicted molar refractivity (Wildman–Crippen MR) is 48.3 cm³/mol. The van der Waals surface area contributed by atoms with Crippen molar-refractivity contribution in [1.29, 1.82) is 0 Å². The summed E-state index contributed by atoms with van der Waals surface area (Å²) in [5.74, 6) is -0.855. The summed E-state index contributed by atoms with van der Waals surface area (Å²) in [6, 6.07) is 0. The quantitative estimate of drug-likeness (QED) is 0.710. The molecule has 13 heavy (non-hydrogen) atoms. The van der Waals surface area contributed by atoms with Crippen LogP contribution in [0.5, 0.6) is 0 Å². The molecule has 3 unspecified atom stereocenters. The first-order chi connectivity index (χ1) is 6.07. The number of rotatable bonds is 2.